The second kappa shape index (κ2) is 7.39. The highest BCUT2D eigenvalue weighted by molar-refractivity contribution is 6.34. The summed E-state index contributed by atoms with van der Waals surface area (Å²) in [5.74, 6) is 0.524. The van der Waals surface area contributed by atoms with Crippen molar-refractivity contribution < 1.29 is 4.79 Å². The van der Waals surface area contributed by atoms with Gasteiger partial charge in [-0.1, -0.05) is 38.3 Å². The van der Waals surface area contributed by atoms with Gasteiger partial charge in [0.2, 0.25) is 0 Å². The molecule has 1 aromatic rings. The molecular weight excluding hydrogens is 260 g/mol. The molecule has 0 saturated heterocycles. The van der Waals surface area contributed by atoms with E-state index < -0.39 is 0 Å². The van der Waals surface area contributed by atoms with Crippen LogP contribution in [0.25, 0.3) is 0 Å². The first-order valence-corrected chi connectivity index (χ1v) is 7.25. The van der Waals surface area contributed by atoms with E-state index in [9.17, 15) is 4.79 Å². The molecule has 0 heterocycles. The van der Waals surface area contributed by atoms with Crippen LogP contribution >= 0.6 is 11.6 Å². The highest BCUT2D eigenvalue weighted by atomic mass is 35.5. The van der Waals surface area contributed by atoms with Crippen LogP contribution in [0.4, 0.5) is 5.69 Å². The van der Waals surface area contributed by atoms with Gasteiger partial charge in [-0.25, -0.2) is 0 Å². The number of hydrogen-bond donors (Lipinski definition) is 1. The first-order chi connectivity index (χ1) is 9.03. The third-order valence-electron chi connectivity index (χ3n) is 3.53. The maximum absolute atomic E-state index is 12.5. The highest BCUT2D eigenvalue weighted by Gasteiger charge is 2.19. The van der Waals surface area contributed by atoms with Gasteiger partial charge in [0.1, 0.15) is 0 Å². The zero-order chi connectivity index (χ0) is 14.4. The molecule has 0 fully saturated rings. The van der Waals surface area contributed by atoms with Crippen molar-refractivity contribution in [2.45, 2.75) is 33.6 Å². The van der Waals surface area contributed by atoms with Crippen molar-refractivity contribution in [2.24, 2.45) is 5.92 Å². The number of anilines is 1. The first-order valence-electron chi connectivity index (χ1n) is 6.87. The molecule has 0 spiro atoms. The number of halogens is 1. The molecule has 0 atom stereocenters. The monoisotopic (exact) mass is 282 g/mol. The summed E-state index contributed by atoms with van der Waals surface area (Å²) in [7, 11) is 0. The van der Waals surface area contributed by atoms with E-state index in [0.29, 0.717) is 28.7 Å². The number of carbonyl (C=O) groups is 1. The predicted molar refractivity (Wildman–Crippen MR) is 81.5 cm³/mol. The van der Waals surface area contributed by atoms with Crippen LogP contribution < -0.4 is 5.73 Å². The minimum Gasteiger partial charge on any atom is -0.399 e. The van der Waals surface area contributed by atoms with Crippen LogP contribution in [-0.4, -0.2) is 23.9 Å². The predicted octanol–water partition coefficient (Wildman–Crippen LogP) is 3.82. The highest BCUT2D eigenvalue weighted by Crippen LogP contribution is 2.21. The zero-order valence-electron chi connectivity index (χ0n) is 11.9. The Kier molecular flexibility index (Phi) is 6.16. The molecule has 2 N–H and O–H groups in total. The van der Waals surface area contributed by atoms with Crippen molar-refractivity contribution in [1.29, 1.82) is 0 Å². The number of nitrogen functional groups attached to an aromatic ring is 1. The van der Waals surface area contributed by atoms with E-state index >= 15 is 0 Å². The number of hydrogen-bond acceptors (Lipinski definition) is 2. The fourth-order valence-electron chi connectivity index (χ4n) is 2.09. The summed E-state index contributed by atoms with van der Waals surface area (Å²) in [5, 5.41) is 0.424. The standard InChI is InChI=1S/C15H23ClN2O/c1-4-11(5-2)10-18(6-3)15(19)13-8-7-12(17)9-14(13)16/h7-9,11H,4-6,10,17H2,1-3H3. The molecule has 0 aliphatic heterocycles. The second-order valence-electron chi connectivity index (χ2n) is 4.77. The largest absolute Gasteiger partial charge is 0.399 e. The number of rotatable bonds is 6. The summed E-state index contributed by atoms with van der Waals surface area (Å²) in [6, 6.07) is 5.04. The quantitative estimate of drug-likeness (QED) is 0.806. The number of carbonyl (C=O) groups excluding carboxylic acids is 1. The molecule has 4 heteroatoms. The third kappa shape index (κ3) is 4.13. The lowest BCUT2D eigenvalue weighted by Gasteiger charge is -2.26. The molecule has 0 radical (unpaired) electrons. The summed E-state index contributed by atoms with van der Waals surface area (Å²) < 4.78 is 0. The zero-order valence-corrected chi connectivity index (χ0v) is 12.7. The van der Waals surface area contributed by atoms with Gasteiger partial charge >= 0.3 is 0 Å². The minimum atomic E-state index is -0.0144. The van der Waals surface area contributed by atoms with Gasteiger partial charge in [-0.05, 0) is 31.0 Å². The number of amides is 1. The van der Waals surface area contributed by atoms with E-state index in [2.05, 4.69) is 13.8 Å². The summed E-state index contributed by atoms with van der Waals surface area (Å²) in [4.78, 5) is 14.3. The molecule has 1 rings (SSSR count). The van der Waals surface area contributed by atoms with Crippen molar-refractivity contribution in [3.63, 3.8) is 0 Å². The Morgan fingerprint density at radius 3 is 2.42 bits per heavy atom. The van der Waals surface area contributed by atoms with E-state index in [0.717, 1.165) is 19.4 Å². The molecule has 1 amide bonds. The number of benzene rings is 1. The summed E-state index contributed by atoms with van der Waals surface area (Å²) >= 11 is 6.10. The van der Waals surface area contributed by atoms with Crippen LogP contribution in [-0.2, 0) is 0 Å². The lowest BCUT2D eigenvalue weighted by atomic mass is 10.0. The molecule has 106 valence electrons. The van der Waals surface area contributed by atoms with E-state index in [4.69, 9.17) is 17.3 Å². The smallest absolute Gasteiger partial charge is 0.255 e. The SMILES string of the molecule is CCC(CC)CN(CC)C(=O)c1ccc(N)cc1Cl. The Hall–Kier alpha value is -1.22. The van der Waals surface area contributed by atoms with Gasteiger partial charge in [0.05, 0.1) is 10.6 Å². The van der Waals surface area contributed by atoms with Crippen LogP contribution in [0.5, 0.6) is 0 Å². The molecule has 19 heavy (non-hydrogen) atoms. The Morgan fingerprint density at radius 1 is 1.32 bits per heavy atom. The molecule has 0 aromatic heterocycles. The van der Waals surface area contributed by atoms with Crippen LogP contribution in [0.15, 0.2) is 18.2 Å². The van der Waals surface area contributed by atoms with E-state index in [-0.39, 0.29) is 5.91 Å². The summed E-state index contributed by atoms with van der Waals surface area (Å²) in [6.45, 7) is 7.77. The molecule has 0 aliphatic carbocycles. The second-order valence-corrected chi connectivity index (χ2v) is 5.17. The van der Waals surface area contributed by atoms with Crippen molar-refractivity contribution >= 4 is 23.2 Å². The summed E-state index contributed by atoms with van der Waals surface area (Å²) in [6.07, 6.45) is 2.16. The van der Waals surface area contributed by atoms with Crippen molar-refractivity contribution in [1.82, 2.24) is 4.90 Å². The van der Waals surface area contributed by atoms with Gasteiger partial charge in [0.15, 0.2) is 0 Å². The molecule has 0 bridgehead atoms. The normalized spacial score (nSPS) is 10.8. The van der Waals surface area contributed by atoms with Gasteiger partial charge in [-0.2, -0.15) is 0 Å². The van der Waals surface area contributed by atoms with Gasteiger partial charge in [-0.3, -0.25) is 4.79 Å². The summed E-state index contributed by atoms with van der Waals surface area (Å²) in [5.41, 5.74) is 6.76. The Bertz CT molecular complexity index is 430. The Balaban J connectivity index is 2.89. The van der Waals surface area contributed by atoms with E-state index in [1.807, 2.05) is 11.8 Å². The molecule has 0 aliphatic rings. The van der Waals surface area contributed by atoms with Crippen LogP contribution in [0.3, 0.4) is 0 Å². The van der Waals surface area contributed by atoms with Gasteiger partial charge in [-0.15, -0.1) is 0 Å². The van der Waals surface area contributed by atoms with Crippen LogP contribution in [0.1, 0.15) is 44.0 Å². The van der Waals surface area contributed by atoms with Gasteiger partial charge < -0.3 is 10.6 Å². The van der Waals surface area contributed by atoms with Gasteiger partial charge in [0.25, 0.3) is 5.91 Å². The van der Waals surface area contributed by atoms with Crippen molar-refractivity contribution in [3.05, 3.63) is 28.8 Å². The van der Waals surface area contributed by atoms with E-state index in [1.54, 1.807) is 18.2 Å². The molecule has 0 unspecified atom stereocenters. The first kappa shape index (κ1) is 15.8. The van der Waals surface area contributed by atoms with Crippen molar-refractivity contribution in [2.75, 3.05) is 18.8 Å². The maximum atomic E-state index is 12.5. The fourth-order valence-corrected chi connectivity index (χ4v) is 2.36. The maximum Gasteiger partial charge on any atom is 0.255 e. The molecule has 3 nitrogen and oxygen atoms in total. The van der Waals surface area contributed by atoms with Crippen molar-refractivity contribution in [3.8, 4) is 0 Å². The molecule has 0 saturated carbocycles. The molecular formula is C15H23ClN2O. The van der Waals surface area contributed by atoms with Crippen LogP contribution in [0.2, 0.25) is 5.02 Å². The Morgan fingerprint density at radius 2 is 1.95 bits per heavy atom. The molecule has 1 aromatic carbocycles. The lowest BCUT2D eigenvalue weighted by molar-refractivity contribution is 0.0735. The fraction of sp³-hybridized carbons (Fsp3) is 0.533. The van der Waals surface area contributed by atoms with Crippen LogP contribution in [0, 0.1) is 5.92 Å². The van der Waals surface area contributed by atoms with E-state index in [1.165, 1.54) is 0 Å². The third-order valence-corrected chi connectivity index (χ3v) is 3.84. The Labute approximate surface area is 120 Å². The lowest BCUT2D eigenvalue weighted by Crippen LogP contribution is -2.35. The number of nitrogens with zero attached hydrogens (tertiary/aromatic N) is 1. The average Bonchev–Trinajstić information content (AvgIpc) is 2.39. The minimum absolute atomic E-state index is 0.0144. The average molecular weight is 283 g/mol. The number of nitrogens with two attached hydrogens (primary N) is 1. The van der Waals surface area contributed by atoms with Gasteiger partial charge in [0, 0.05) is 18.8 Å². The topological polar surface area (TPSA) is 46.3 Å².